The number of hydrogen-bond donors (Lipinski definition) is 1. The first-order valence-electron chi connectivity index (χ1n) is 10.1. The summed E-state index contributed by atoms with van der Waals surface area (Å²) < 4.78 is 0. The summed E-state index contributed by atoms with van der Waals surface area (Å²) in [7, 11) is 0. The molecule has 2 aromatic rings. The van der Waals surface area contributed by atoms with Crippen LogP contribution in [0, 0.1) is 11.8 Å². The Bertz CT molecular complexity index is 1030. The Balaban J connectivity index is 1.22. The number of benzene rings is 2. The predicted octanol–water partition coefficient (Wildman–Crippen LogP) is 3.54. The van der Waals surface area contributed by atoms with Crippen molar-refractivity contribution in [2.75, 3.05) is 11.9 Å². The molecule has 1 fully saturated rings. The molecule has 2 atom stereocenters. The largest absolute Gasteiger partial charge is 0.326 e. The van der Waals surface area contributed by atoms with E-state index in [4.69, 9.17) is 0 Å². The minimum absolute atomic E-state index is 0.113. The van der Waals surface area contributed by atoms with E-state index < -0.39 is 0 Å². The van der Waals surface area contributed by atoms with Crippen LogP contribution in [0.3, 0.4) is 0 Å². The standard InChI is InChI=1S/C24H22N2O3/c27-22(11-12-26-23(28)20-7-3-4-8-21(20)24(26)29)25-17-9-10-19-16(14-17)13-15-5-1-2-6-18(15)19/h1-6,9-10,14,20-21H,7-8,11-13H2,(H,25,27)/t20-,21-/m1/s1. The number of carbonyl (C=O) groups is 3. The molecule has 146 valence electrons. The van der Waals surface area contributed by atoms with Gasteiger partial charge in [0.15, 0.2) is 0 Å². The number of hydrogen-bond acceptors (Lipinski definition) is 3. The van der Waals surface area contributed by atoms with Crippen LogP contribution in [0.2, 0.25) is 0 Å². The lowest BCUT2D eigenvalue weighted by Crippen LogP contribution is -2.34. The third kappa shape index (κ3) is 3.07. The topological polar surface area (TPSA) is 66.5 Å². The second-order valence-corrected chi connectivity index (χ2v) is 7.99. The fourth-order valence-electron chi connectivity index (χ4n) is 4.75. The number of anilines is 1. The summed E-state index contributed by atoms with van der Waals surface area (Å²) in [5.74, 6) is -0.934. The van der Waals surface area contributed by atoms with Gasteiger partial charge in [-0.05, 0) is 53.6 Å². The zero-order valence-corrected chi connectivity index (χ0v) is 16.1. The number of fused-ring (bicyclic) bond motifs is 4. The Hall–Kier alpha value is -3.21. The molecule has 1 aliphatic heterocycles. The van der Waals surface area contributed by atoms with Crippen molar-refractivity contribution in [1.29, 1.82) is 0 Å². The van der Waals surface area contributed by atoms with Crippen LogP contribution < -0.4 is 5.32 Å². The van der Waals surface area contributed by atoms with Gasteiger partial charge in [0.2, 0.25) is 17.7 Å². The zero-order chi connectivity index (χ0) is 20.0. The van der Waals surface area contributed by atoms with Crippen LogP contribution in [-0.4, -0.2) is 29.2 Å². The molecular formula is C24H22N2O3. The van der Waals surface area contributed by atoms with E-state index >= 15 is 0 Å². The van der Waals surface area contributed by atoms with Gasteiger partial charge in [0.05, 0.1) is 11.8 Å². The van der Waals surface area contributed by atoms with Crippen LogP contribution in [0.5, 0.6) is 0 Å². The van der Waals surface area contributed by atoms with Gasteiger partial charge in [-0.25, -0.2) is 0 Å². The van der Waals surface area contributed by atoms with Crippen molar-refractivity contribution in [3.05, 3.63) is 65.7 Å². The van der Waals surface area contributed by atoms with Crippen LogP contribution in [0.4, 0.5) is 5.69 Å². The molecule has 2 aromatic carbocycles. The molecule has 29 heavy (non-hydrogen) atoms. The number of nitrogens with zero attached hydrogens (tertiary/aromatic N) is 1. The molecule has 2 aliphatic carbocycles. The van der Waals surface area contributed by atoms with Crippen molar-refractivity contribution in [3.8, 4) is 11.1 Å². The summed E-state index contributed by atoms with van der Waals surface area (Å²) in [4.78, 5) is 38.7. The van der Waals surface area contributed by atoms with Crippen molar-refractivity contribution in [2.24, 2.45) is 11.8 Å². The Morgan fingerprint density at radius 2 is 1.62 bits per heavy atom. The third-order valence-corrected chi connectivity index (χ3v) is 6.24. The lowest BCUT2D eigenvalue weighted by Gasteiger charge is -2.14. The molecule has 0 unspecified atom stereocenters. The monoisotopic (exact) mass is 386 g/mol. The second kappa shape index (κ2) is 6.99. The van der Waals surface area contributed by atoms with Gasteiger partial charge in [-0.2, -0.15) is 0 Å². The highest BCUT2D eigenvalue weighted by atomic mass is 16.2. The van der Waals surface area contributed by atoms with Crippen LogP contribution >= 0.6 is 0 Å². The molecule has 1 N–H and O–H groups in total. The van der Waals surface area contributed by atoms with E-state index in [0.29, 0.717) is 12.8 Å². The fourth-order valence-corrected chi connectivity index (χ4v) is 4.75. The molecule has 0 saturated carbocycles. The average Bonchev–Trinajstić information content (AvgIpc) is 3.22. The number of allylic oxidation sites excluding steroid dienone is 2. The molecule has 0 bridgehead atoms. The van der Waals surface area contributed by atoms with Crippen molar-refractivity contribution < 1.29 is 14.4 Å². The first-order chi connectivity index (χ1) is 14.1. The zero-order valence-electron chi connectivity index (χ0n) is 16.1. The van der Waals surface area contributed by atoms with Gasteiger partial charge in [0.1, 0.15) is 0 Å². The molecule has 0 aromatic heterocycles. The molecule has 1 saturated heterocycles. The first-order valence-corrected chi connectivity index (χ1v) is 10.1. The SMILES string of the molecule is O=C(CCN1C(=O)[C@@H]2CC=CC[C@H]2C1=O)Nc1ccc2c(c1)Cc1ccccc1-2. The van der Waals surface area contributed by atoms with E-state index in [1.165, 1.54) is 27.2 Å². The number of imide groups is 1. The highest BCUT2D eigenvalue weighted by Crippen LogP contribution is 2.38. The number of likely N-dealkylation sites (tertiary alicyclic amines) is 1. The molecule has 1 heterocycles. The first kappa shape index (κ1) is 17.9. The molecule has 3 aliphatic rings. The van der Waals surface area contributed by atoms with Gasteiger partial charge in [-0.15, -0.1) is 0 Å². The van der Waals surface area contributed by atoms with Crippen LogP contribution in [0.1, 0.15) is 30.4 Å². The maximum Gasteiger partial charge on any atom is 0.233 e. The number of amides is 3. The molecule has 3 amide bonds. The summed E-state index contributed by atoms with van der Waals surface area (Å²) in [6.07, 6.45) is 6.15. The van der Waals surface area contributed by atoms with Gasteiger partial charge >= 0.3 is 0 Å². The Morgan fingerprint density at radius 1 is 0.931 bits per heavy atom. The number of carbonyl (C=O) groups excluding carboxylic acids is 3. The molecule has 0 radical (unpaired) electrons. The number of nitrogens with one attached hydrogen (secondary N) is 1. The lowest BCUT2D eigenvalue weighted by atomic mass is 9.85. The maximum atomic E-state index is 12.5. The van der Waals surface area contributed by atoms with Gasteiger partial charge in [0.25, 0.3) is 0 Å². The van der Waals surface area contributed by atoms with Crippen molar-refractivity contribution in [1.82, 2.24) is 4.90 Å². The summed E-state index contributed by atoms with van der Waals surface area (Å²) in [5, 5.41) is 2.91. The summed E-state index contributed by atoms with van der Waals surface area (Å²) >= 11 is 0. The summed E-state index contributed by atoms with van der Waals surface area (Å²) in [5.41, 5.74) is 5.71. The van der Waals surface area contributed by atoms with E-state index in [2.05, 4.69) is 17.4 Å². The maximum absolute atomic E-state index is 12.5. The van der Waals surface area contributed by atoms with Crippen molar-refractivity contribution >= 4 is 23.4 Å². The average molecular weight is 386 g/mol. The van der Waals surface area contributed by atoms with Crippen molar-refractivity contribution in [3.63, 3.8) is 0 Å². The molecule has 0 spiro atoms. The van der Waals surface area contributed by atoms with Gasteiger partial charge in [-0.1, -0.05) is 42.5 Å². The fraction of sp³-hybridized carbons (Fsp3) is 0.292. The van der Waals surface area contributed by atoms with E-state index in [9.17, 15) is 14.4 Å². The second-order valence-electron chi connectivity index (χ2n) is 7.99. The van der Waals surface area contributed by atoms with Crippen LogP contribution in [-0.2, 0) is 20.8 Å². The quantitative estimate of drug-likeness (QED) is 0.551. The minimum Gasteiger partial charge on any atom is -0.326 e. The Kier molecular flexibility index (Phi) is 4.31. The van der Waals surface area contributed by atoms with E-state index in [-0.39, 0.29) is 42.5 Å². The predicted molar refractivity (Wildman–Crippen MR) is 110 cm³/mol. The Morgan fingerprint density at radius 3 is 2.38 bits per heavy atom. The number of rotatable bonds is 4. The molecule has 5 nitrogen and oxygen atoms in total. The van der Waals surface area contributed by atoms with Crippen LogP contribution in [0.15, 0.2) is 54.6 Å². The van der Waals surface area contributed by atoms with Gasteiger partial charge < -0.3 is 5.32 Å². The molecule has 5 heteroatoms. The molecule has 5 rings (SSSR count). The normalized spacial score (nSPS) is 21.7. The van der Waals surface area contributed by atoms with E-state index in [1.807, 2.05) is 42.5 Å². The summed E-state index contributed by atoms with van der Waals surface area (Å²) in [6.45, 7) is 0.146. The highest BCUT2D eigenvalue weighted by Gasteiger charge is 2.46. The minimum atomic E-state index is -0.242. The van der Waals surface area contributed by atoms with E-state index in [1.54, 1.807) is 0 Å². The van der Waals surface area contributed by atoms with Gasteiger partial charge in [-0.3, -0.25) is 19.3 Å². The third-order valence-electron chi connectivity index (χ3n) is 6.24. The van der Waals surface area contributed by atoms with E-state index in [0.717, 1.165) is 12.1 Å². The van der Waals surface area contributed by atoms with Crippen molar-refractivity contribution in [2.45, 2.75) is 25.7 Å². The lowest BCUT2D eigenvalue weighted by molar-refractivity contribution is -0.140. The highest BCUT2D eigenvalue weighted by molar-refractivity contribution is 6.06. The van der Waals surface area contributed by atoms with Gasteiger partial charge in [0, 0.05) is 18.7 Å². The molecular weight excluding hydrogens is 364 g/mol. The van der Waals surface area contributed by atoms with Crippen LogP contribution in [0.25, 0.3) is 11.1 Å². The smallest absolute Gasteiger partial charge is 0.233 e. The Labute approximate surface area is 169 Å². The summed E-state index contributed by atoms with van der Waals surface area (Å²) in [6, 6.07) is 14.3.